The number of hydrogen-bond acceptors (Lipinski definition) is 11. The van der Waals surface area contributed by atoms with E-state index in [1.165, 1.54) is 27.7 Å². The highest BCUT2D eigenvalue weighted by atomic mass is 16.7. The van der Waals surface area contributed by atoms with Crippen molar-refractivity contribution >= 4 is 29.8 Å². The molecule has 12 nitrogen and oxygen atoms in total. The Morgan fingerprint density at radius 3 is 1.87 bits per heavy atom. The van der Waals surface area contributed by atoms with Crippen LogP contribution in [0.5, 0.6) is 0 Å². The van der Waals surface area contributed by atoms with E-state index in [1.54, 1.807) is 0 Å². The van der Waals surface area contributed by atoms with Gasteiger partial charge in [0.15, 0.2) is 18.5 Å². The number of amides is 1. The zero-order chi connectivity index (χ0) is 33.0. The summed E-state index contributed by atoms with van der Waals surface area (Å²) in [5.74, 6) is -2.45. The minimum Gasteiger partial charge on any atom is -0.463 e. The molecule has 45 heavy (non-hydrogen) atoms. The molecule has 0 bridgehead atoms. The molecule has 1 fully saturated rings. The first-order chi connectivity index (χ1) is 21.6. The van der Waals surface area contributed by atoms with Crippen molar-refractivity contribution < 1.29 is 52.4 Å². The van der Waals surface area contributed by atoms with Crippen molar-refractivity contribution in [1.29, 1.82) is 0 Å². The largest absolute Gasteiger partial charge is 0.463 e. The smallest absolute Gasteiger partial charge is 0.306 e. The van der Waals surface area contributed by atoms with Crippen LogP contribution >= 0.6 is 0 Å². The van der Waals surface area contributed by atoms with Crippen molar-refractivity contribution in [1.82, 2.24) is 5.32 Å². The monoisotopic (exact) mass is 635 g/mol. The number of benzene rings is 1. The number of carbonyl (C=O) groups excluding carboxylic acids is 5. The maximum Gasteiger partial charge on any atom is 0.306 e. The van der Waals surface area contributed by atoms with Crippen LogP contribution in [0, 0.1) is 0 Å². The average Bonchev–Trinajstić information content (AvgIpc) is 2.98. The molecule has 0 spiro atoms. The molecule has 1 saturated heterocycles. The van der Waals surface area contributed by atoms with Crippen LogP contribution in [-0.2, 0) is 59.0 Å². The SMILES string of the molecule is CC(=O)N[C@H]1[C@H](OCCCCCCCCCCCC(=O)OCc2ccccc2)O[C@H](COC(C)=O)[C@H](OC(C)=O)[C@@H]1OC(C)=O. The van der Waals surface area contributed by atoms with E-state index in [9.17, 15) is 24.0 Å². The van der Waals surface area contributed by atoms with Crippen LogP contribution in [0.1, 0.15) is 97.5 Å². The number of carbonyl (C=O) groups is 5. The molecule has 1 aliphatic heterocycles. The third-order valence-electron chi connectivity index (χ3n) is 7.12. The van der Waals surface area contributed by atoms with E-state index in [0.29, 0.717) is 19.6 Å². The second-order valence-electron chi connectivity index (χ2n) is 11.2. The maximum absolute atomic E-state index is 12.0. The summed E-state index contributed by atoms with van der Waals surface area (Å²) in [7, 11) is 0. The minimum absolute atomic E-state index is 0.158. The number of hydrogen-bond donors (Lipinski definition) is 1. The summed E-state index contributed by atoms with van der Waals surface area (Å²) < 4.78 is 33.3. The van der Waals surface area contributed by atoms with Crippen molar-refractivity contribution in [2.24, 2.45) is 0 Å². The van der Waals surface area contributed by atoms with E-state index in [-0.39, 0.29) is 12.6 Å². The second-order valence-corrected chi connectivity index (χ2v) is 11.2. The summed E-state index contributed by atoms with van der Waals surface area (Å²) >= 11 is 0. The zero-order valence-electron chi connectivity index (χ0n) is 27.0. The lowest BCUT2D eigenvalue weighted by Crippen LogP contribution is -2.66. The van der Waals surface area contributed by atoms with Crippen molar-refractivity contribution in [2.75, 3.05) is 13.2 Å². The van der Waals surface area contributed by atoms with Gasteiger partial charge in [-0.3, -0.25) is 24.0 Å². The van der Waals surface area contributed by atoms with Crippen molar-refractivity contribution in [3.63, 3.8) is 0 Å². The number of rotatable bonds is 20. The summed E-state index contributed by atoms with van der Waals surface area (Å²) in [6, 6.07) is 8.68. The Morgan fingerprint density at radius 2 is 1.29 bits per heavy atom. The van der Waals surface area contributed by atoms with E-state index in [2.05, 4.69) is 5.32 Å². The normalized spacial score (nSPS) is 20.9. The Balaban J connectivity index is 1.71. The molecule has 12 heteroatoms. The summed E-state index contributed by atoms with van der Waals surface area (Å²) in [5, 5.41) is 2.69. The zero-order valence-corrected chi connectivity index (χ0v) is 27.0. The lowest BCUT2D eigenvalue weighted by molar-refractivity contribution is -0.277. The Labute approximate surface area is 265 Å². The standard InChI is InChI=1S/C33H49NO11/c1-23(35)34-30-32(44-26(4)38)31(43-25(3)37)28(22-41-24(2)36)45-33(30)40-20-16-11-9-7-5-6-8-10-15-19-29(39)42-21-27-17-13-12-14-18-27/h12-14,17-18,28,30-33H,5-11,15-16,19-22H2,1-4H3,(H,34,35)/t28-,30-,31+,32-,33-/m1/s1. The van der Waals surface area contributed by atoms with Crippen LogP contribution in [0.4, 0.5) is 0 Å². The van der Waals surface area contributed by atoms with Gasteiger partial charge in [-0.15, -0.1) is 0 Å². The highest BCUT2D eigenvalue weighted by Crippen LogP contribution is 2.28. The van der Waals surface area contributed by atoms with Gasteiger partial charge in [0.1, 0.15) is 25.4 Å². The fraction of sp³-hybridized carbons (Fsp3) is 0.667. The quantitative estimate of drug-likeness (QED) is 0.124. The van der Waals surface area contributed by atoms with Gasteiger partial charge in [-0.2, -0.15) is 0 Å². The molecule has 0 radical (unpaired) electrons. The third kappa shape index (κ3) is 15.9. The first kappa shape index (κ1) is 37.7. The number of unbranched alkanes of at least 4 members (excludes halogenated alkanes) is 8. The fourth-order valence-corrected chi connectivity index (χ4v) is 5.05. The molecule has 1 aromatic rings. The van der Waals surface area contributed by atoms with Crippen LogP contribution < -0.4 is 5.32 Å². The summed E-state index contributed by atoms with van der Waals surface area (Å²) in [5.41, 5.74) is 0.987. The maximum atomic E-state index is 12.0. The molecule has 1 aliphatic rings. The third-order valence-corrected chi connectivity index (χ3v) is 7.12. The highest BCUT2D eigenvalue weighted by Gasteiger charge is 2.51. The van der Waals surface area contributed by atoms with Gasteiger partial charge in [0.2, 0.25) is 5.91 Å². The van der Waals surface area contributed by atoms with Crippen LogP contribution in [0.15, 0.2) is 30.3 Å². The minimum atomic E-state index is -1.14. The summed E-state index contributed by atoms with van der Waals surface area (Å²) in [4.78, 5) is 59.2. The van der Waals surface area contributed by atoms with Gasteiger partial charge in [0, 0.05) is 40.7 Å². The van der Waals surface area contributed by atoms with Crippen LogP contribution in [-0.4, -0.2) is 73.6 Å². The molecule has 2 rings (SSSR count). The molecule has 1 amide bonds. The van der Waals surface area contributed by atoms with E-state index in [0.717, 1.165) is 63.4 Å². The summed E-state index contributed by atoms with van der Waals surface area (Å²) in [6.07, 6.45) is 5.01. The van der Waals surface area contributed by atoms with Crippen LogP contribution in [0.2, 0.25) is 0 Å². The molecular weight excluding hydrogens is 586 g/mol. The summed E-state index contributed by atoms with van der Waals surface area (Å²) in [6.45, 7) is 5.28. The van der Waals surface area contributed by atoms with Gasteiger partial charge in [0.25, 0.3) is 0 Å². The number of esters is 4. The Hall–Kier alpha value is -3.51. The molecule has 1 aromatic carbocycles. The molecule has 1 heterocycles. The van der Waals surface area contributed by atoms with Crippen molar-refractivity contribution in [2.45, 2.75) is 129 Å². The highest BCUT2D eigenvalue weighted by molar-refractivity contribution is 5.73. The van der Waals surface area contributed by atoms with Gasteiger partial charge in [-0.05, 0) is 18.4 Å². The Bertz CT molecular complexity index is 1060. The Morgan fingerprint density at radius 1 is 0.711 bits per heavy atom. The fourth-order valence-electron chi connectivity index (χ4n) is 5.05. The molecule has 0 aromatic heterocycles. The van der Waals surface area contributed by atoms with Gasteiger partial charge < -0.3 is 33.7 Å². The van der Waals surface area contributed by atoms with Crippen molar-refractivity contribution in [3.8, 4) is 0 Å². The predicted octanol–water partition coefficient (Wildman–Crippen LogP) is 4.30. The first-order valence-corrected chi connectivity index (χ1v) is 15.8. The molecule has 1 N–H and O–H groups in total. The van der Waals surface area contributed by atoms with Gasteiger partial charge in [-0.1, -0.05) is 75.3 Å². The van der Waals surface area contributed by atoms with E-state index in [4.69, 9.17) is 28.4 Å². The van der Waals surface area contributed by atoms with E-state index < -0.39 is 54.5 Å². The second kappa shape index (κ2) is 21.3. The number of nitrogens with one attached hydrogen (secondary N) is 1. The Kier molecular flexibility index (Phi) is 17.8. The number of ether oxygens (including phenoxy) is 6. The van der Waals surface area contributed by atoms with Gasteiger partial charge in [0.05, 0.1) is 0 Å². The average molecular weight is 636 g/mol. The van der Waals surface area contributed by atoms with Crippen LogP contribution in [0.25, 0.3) is 0 Å². The van der Waals surface area contributed by atoms with Gasteiger partial charge >= 0.3 is 23.9 Å². The topological polar surface area (TPSA) is 153 Å². The van der Waals surface area contributed by atoms with Gasteiger partial charge in [-0.25, -0.2) is 0 Å². The van der Waals surface area contributed by atoms with Crippen LogP contribution in [0.3, 0.4) is 0 Å². The lowest BCUT2D eigenvalue weighted by atomic mass is 9.96. The molecular formula is C33H49NO11. The predicted molar refractivity (Wildman–Crippen MR) is 162 cm³/mol. The van der Waals surface area contributed by atoms with E-state index >= 15 is 0 Å². The molecule has 0 unspecified atom stereocenters. The molecule has 252 valence electrons. The molecule has 0 aliphatic carbocycles. The van der Waals surface area contributed by atoms with Crippen molar-refractivity contribution in [3.05, 3.63) is 35.9 Å². The molecule has 5 atom stereocenters. The van der Waals surface area contributed by atoms with E-state index in [1.807, 2.05) is 30.3 Å². The lowest BCUT2D eigenvalue weighted by Gasteiger charge is -2.44. The molecule has 0 saturated carbocycles. The first-order valence-electron chi connectivity index (χ1n) is 15.8.